The van der Waals surface area contributed by atoms with Crippen molar-refractivity contribution in [1.82, 2.24) is 15.1 Å². The van der Waals surface area contributed by atoms with Crippen molar-refractivity contribution in [2.24, 2.45) is 5.92 Å². The fraction of sp³-hybridized carbons (Fsp3) is 0.857. The van der Waals surface area contributed by atoms with Gasteiger partial charge in [-0.2, -0.15) is 0 Å². The molecule has 2 rings (SSSR count). The summed E-state index contributed by atoms with van der Waals surface area (Å²) >= 11 is 0. The van der Waals surface area contributed by atoms with Crippen molar-refractivity contribution in [3.63, 3.8) is 0 Å². The van der Waals surface area contributed by atoms with E-state index in [2.05, 4.69) is 5.32 Å². The highest BCUT2D eigenvalue weighted by atomic mass is 16.4. The number of fused-ring (bicyclic) bond motifs is 2. The van der Waals surface area contributed by atoms with Crippen molar-refractivity contribution in [3.05, 3.63) is 0 Å². The molecule has 2 atom stereocenters. The normalized spacial score (nSPS) is 28.5. The van der Waals surface area contributed by atoms with E-state index in [1.54, 1.807) is 4.90 Å². The van der Waals surface area contributed by atoms with Crippen LogP contribution < -0.4 is 5.32 Å². The molecule has 6 heteroatoms. The number of nitrogens with zero attached hydrogens (tertiary/aromatic N) is 2. The third-order valence-corrected chi connectivity index (χ3v) is 4.54. The Morgan fingerprint density at radius 1 is 1.30 bits per heavy atom. The van der Waals surface area contributed by atoms with Crippen LogP contribution in [0.4, 0.5) is 4.79 Å². The van der Waals surface area contributed by atoms with Gasteiger partial charge in [-0.1, -0.05) is 0 Å². The van der Waals surface area contributed by atoms with Gasteiger partial charge in [0.1, 0.15) is 0 Å². The minimum absolute atomic E-state index is 0.0986. The molecule has 2 N–H and O–H groups in total. The molecule has 2 unspecified atom stereocenters. The van der Waals surface area contributed by atoms with Crippen LogP contribution in [-0.4, -0.2) is 66.2 Å². The molecule has 0 aromatic rings. The van der Waals surface area contributed by atoms with Crippen molar-refractivity contribution in [1.29, 1.82) is 0 Å². The summed E-state index contributed by atoms with van der Waals surface area (Å²) in [7, 11) is 3.71. The molecule has 2 aliphatic rings. The monoisotopic (exact) mass is 283 g/mol. The molecule has 2 aliphatic heterocycles. The maximum absolute atomic E-state index is 12.5. The molecular formula is C14H25N3O3. The maximum atomic E-state index is 12.5. The predicted molar refractivity (Wildman–Crippen MR) is 75.6 cm³/mol. The number of urea groups is 1. The lowest BCUT2D eigenvalue weighted by Crippen LogP contribution is -2.52. The first-order valence-corrected chi connectivity index (χ1v) is 7.42. The van der Waals surface area contributed by atoms with E-state index in [1.165, 1.54) is 0 Å². The zero-order valence-electron chi connectivity index (χ0n) is 12.3. The fourth-order valence-electron chi connectivity index (χ4n) is 3.59. The molecule has 2 bridgehead atoms. The molecule has 0 aromatic heterocycles. The number of likely N-dealkylation sites (N-methyl/N-ethyl adjacent to an activating group) is 2. The maximum Gasteiger partial charge on any atom is 0.320 e. The number of carboxylic acids is 1. The third-order valence-electron chi connectivity index (χ3n) is 4.54. The second-order valence-electron chi connectivity index (χ2n) is 6.04. The molecule has 2 amide bonds. The lowest BCUT2D eigenvalue weighted by Gasteiger charge is -2.40. The van der Waals surface area contributed by atoms with Gasteiger partial charge in [0.15, 0.2) is 0 Å². The second-order valence-corrected chi connectivity index (χ2v) is 6.04. The molecule has 6 nitrogen and oxygen atoms in total. The summed E-state index contributed by atoms with van der Waals surface area (Å²) in [5, 5.41) is 12.0. The van der Waals surface area contributed by atoms with E-state index in [0.29, 0.717) is 6.54 Å². The summed E-state index contributed by atoms with van der Waals surface area (Å²) in [6, 6.07) is 0.576. The molecule has 20 heavy (non-hydrogen) atoms. The van der Waals surface area contributed by atoms with Crippen LogP contribution in [0.15, 0.2) is 0 Å². The zero-order chi connectivity index (χ0) is 14.7. The van der Waals surface area contributed by atoms with Crippen molar-refractivity contribution in [2.75, 3.05) is 27.2 Å². The summed E-state index contributed by atoms with van der Waals surface area (Å²) in [5.74, 6) is -0.489. The van der Waals surface area contributed by atoms with E-state index in [4.69, 9.17) is 5.11 Å². The standard InChI is InChI=1S/C14H25N3O3/c1-15-5-6-16(2)14(20)17-11-3-4-12(17)8-10(7-11)9-13(18)19/h10-12,15H,3-9H2,1-2H3,(H,18,19). The number of amides is 2. The highest BCUT2D eigenvalue weighted by molar-refractivity contribution is 5.75. The predicted octanol–water partition coefficient (Wildman–Crippen LogP) is 0.975. The van der Waals surface area contributed by atoms with Crippen LogP contribution in [0.2, 0.25) is 0 Å². The van der Waals surface area contributed by atoms with Gasteiger partial charge in [-0.25, -0.2) is 4.79 Å². The molecule has 2 fully saturated rings. The Morgan fingerprint density at radius 3 is 2.40 bits per heavy atom. The first kappa shape index (κ1) is 15.1. The van der Waals surface area contributed by atoms with Crippen LogP contribution in [0, 0.1) is 5.92 Å². The number of nitrogens with one attached hydrogen (secondary N) is 1. The Balaban J connectivity index is 1.94. The van der Waals surface area contributed by atoms with E-state index in [-0.39, 0.29) is 30.5 Å². The summed E-state index contributed by atoms with van der Waals surface area (Å²) in [4.78, 5) is 27.1. The number of aliphatic carboxylic acids is 1. The van der Waals surface area contributed by atoms with E-state index in [9.17, 15) is 9.59 Å². The van der Waals surface area contributed by atoms with Gasteiger partial charge < -0.3 is 20.2 Å². The number of rotatable bonds is 5. The van der Waals surface area contributed by atoms with Crippen LogP contribution in [-0.2, 0) is 4.79 Å². The summed E-state index contributed by atoms with van der Waals surface area (Å²) < 4.78 is 0. The van der Waals surface area contributed by atoms with Crippen LogP contribution in [0.25, 0.3) is 0 Å². The molecule has 2 heterocycles. The van der Waals surface area contributed by atoms with E-state index in [0.717, 1.165) is 32.2 Å². The largest absolute Gasteiger partial charge is 0.481 e. The quantitative estimate of drug-likeness (QED) is 0.789. The van der Waals surface area contributed by atoms with Crippen molar-refractivity contribution in [3.8, 4) is 0 Å². The van der Waals surface area contributed by atoms with Crippen molar-refractivity contribution < 1.29 is 14.7 Å². The Labute approximate surface area is 120 Å². The lowest BCUT2D eigenvalue weighted by atomic mass is 9.88. The molecule has 0 radical (unpaired) electrons. The first-order valence-electron chi connectivity index (χ1n) is 7.42. The smallest absolute Gasteiger partial charge is 0.320 e. The van der Waals surface area contributed by atoms with Gasteiger partial charge in [-0.05, 0) is 38.6 Å². The highest BCUT2D eigenvalue weighted by Gasteiger charge is 2.44. The number of carbonyl (C=O) groups is 2. The van der Waals surface area contributed by atoms with Gasteiger partial charge >= 0.3 is 12.0 Å². The topological polar surface area (TPSA) is 72.9 Å². The Hall–Kier alpha value is -1.30. The van der Waals surface area contributed by atoms with Crippen LogP contribution >= 0.6 is 0 Å². The Bertz CT molecular complexity index is 361. The molecule has 2 saturated heterocycles. The average Bonchev–Trinajstić information content (AvgIpc) is 2.66. The molecule has 0 aromatic carbocycles. The van der Waals surface area contributed by atoms with Gasteiger partial charge in [0.2, 0.25) is 0 Å². The SMILES string of the molecule is CNCCN(C)C(=O)N1C2CCC1CC(CC(=O)O)C2. The number of hydrogen-bond donors (Lipinski definition) is 2. The van der Waals surface area contributed by atoms with Crippen LogP contribution in [0.1, 0.15) is 32.1 Å². The van der Waals surface area contributed by atoms with Crippen LogP contribution in [0.3, 0.4) is 0 Å². The Kier molecular flexibility index (Phi) is 4.86. The summed E-state index contributed by atoms with van der Waals surface area (Å²) in [5.41, 5.74) is 0. The van der Waals surface area contributed by atoms with Gasteiger partial charge in [0, 0.05) is 38.6 Å². The zero-order valence-corrected chi connectivity index (χ0v) is 12.3. The van der Waals surface area contributed by atoms with Crippen LogP contribution in [0.5, 0.6) is 0 Å². The third kappa shape index (κ3) is 3.23. The number of hydrogen-bond acceptors (Lipinski definition) is 3. The minimum atomic E-state index is -0.722. The minimum Gasteiger partial charge on any atom is -0.481 e. The summed E-state index contributed by atoms with van der Waals surface area (Å²) in [6.07, 6.45) is 3.96. The molecule has 0 saturated carbocycles. The summed E-state index contributed by atoms with van der Waals surface area (Å²) in [6.45, 7) is 1.48. The molecule has 0 spiro atoms. The fourth-order valence-corrected chi connectivity index (χ4v) is 3.59. The molecule has 114 valence electrons. The molecular weight excluding hydrogens is 258 g/mol. The van der Waals surface area contributed by atoms with E-state index < -0.39 is 5.97 Å². The van der Waals surface area contributed by atoms with E-state index in [1.807, 2.05) is 19.0 Å². The first-order chi connectivity index (χ1) is 9.52. The van der Waals surface area contributed by atoms with Gasteiger partial charge in [0.05, 0.1) is 0 Å². The molecule has 0 aliphatic carbocycles. The van der Waals surface area contributed by atoms with Crippen molar-refractivity contribution in [2.45, 2.75) is 44.2 Å². The number of carboxylic acid groups (broad SMARTS) is 1. The average molecular weight is 283 g/mol. The second kappa shape index (κ2) is 6.43. The van der Waals surface area contributed by atoms with E-state index >= 15 is 0 Å². The Morgan fingerprint density at radius 2 is 1.90 bits per heavy atom. The van der Waals surface area contributed by atoms with Gasteiger partial charge in [0.25, 0.3) is 0 Å². The lowest BCUT2D eigenvalue weighted by molar-refractivity contribution is -0.138. The van der Waals surface area contributed by atoms with Gasteiger partial charge in [-0.15, -0.1) is 0 Å². The van der Waals surface area contributed by atoms with Gasteiger partial charge in [-0.3, -0.25) is 4.79 Å². The number of carbonyl (C=O) groups excluding carboxylic acids is 1. The number of piperidine rings is 1. The van der Waals surface area contributed by atoms with Crippen molar-refractivity contribution >= 4 is 12.0 Å². The highest BCUT2D eigenvalue weighted by Crippen LogP contribution is 2.40.